The van der Waals surface area contributed by atoms with E-state index in [-0.39, 0.29) is 23.5 Å². The van der Waals surface area contributed by atoms with Crippen LogP contribution in [0.1, 0.15) is 24.8 Å². The molecule has 1 aromatic rings. The van der Waals surface area contributed by atoms with Crippen molar-refractivity contribution in [1.82, 2.24) is 9.96 Å². The molecule has 2 atom stereocenters. The second kappa shape index (κ2) is 4.56. The van der Waals surface area contributed by atoms with Crippen molar-refractivity contribution in [1.29, 1.82) is 0 Å². The molecule has 5 heteroatoms. The third kappa shape index (κ3) is 1.95. The van der Waals surface area contributed by atoms with Gasteiger partial charge in [-0.05, 0) is 30.2 Å². The number of hydrogen-bond donors (Lipinski definition) is 0. The normalized spacial score (nSPS) is 29.0. The molecule has 1 saturated carbocycles. The molecule has 1 spiro atoms. The first-order chi connectivity index (χ1) is 10.2. The van der Waals surface area contributed by atoms with Crippen LogP contribution in [0.3, 0.4) is 0 Å². The highest BCUT2D eigenvalue weighted by molar-refractivity contribution is 5.81. The van der Waals surface area contributed by atoms with Gasteiger partial charge in [0.05, 0.1) is 12.1 Å². The molecule has 3 fully saturated rings. The molecule has 3 aliphatic rings. The number of piperidine rings is 1. The molecular formula is C16H18N2O3. The summed E-state index contributed by atoms with van der Waals surface area (Å²) >= 11 is 0. The van der Waals surface area contributed by atoms with E-state index in [0.29, 0.717) is 13.2 Å². The Bertz CT molecular complexity index is 570. The topological polar surface area (TPSA) is 49.9 Å². The van der Waals surface area contributed by atoms with Crippen LogP contribution in [-0.4, -0.2) is 40.9 Å². The van der Waals surface area contributed by atoms with Gasteiger partial charge in [-0.25, -0.2) is 4.79 Å². The van der Waals surface area contributed by atoms with E-state index in [1.165, 1.54) is 5.06 Å². The Kier molecular flexibility index (Phi) is 2.79. The predicted molar refractivity (Wildman–Crippen MR) is 75.1 cm³/mol. The Morgan fingerprint density at radius 3 is 2.71 bits per heavy atom. The summed E-state index contributed by atoms with van der Waals surface area (Å²) in [5.41, 5.74) is 1.16. The molecule has 2 heterocycles. The Labute approximate surface area is 123 Å². The van der Waals surface area contributed by atoms with E-state index >= 15 is 0 Å². The molecule has 5 nitrogen and oxygen atoms in total. The van der Waals surface area contributed by atoms with Crippen molar-refractivity contribution < 1.29 is 14.4 Å². The minimum absolute atomic E-state index is 0.102. The molecule has 1 aliphatic carbocycles. The standard InChI is InChI=1S/C16H18N2O3/c19-10-13-8-16(6-7-16)14-9-17(13)15(20)18(14)21-11-12-4-2-1-3-5-12/h1-5,10,13-14H,6-9,11H2/t13-,14-/m0/s1. The average molecular weight is 286 g/mol. The van der Waals surface area contributed by atoms with Crippen molar-refractivity contribution in [3.8, 4) is 0 Å². The van der Waals surface area contributed by atoms with E-state index in [1.807, 2.05) is 30.3 Å². The lowest BCUT2D eigenvalue weighted by Gasteiger charge is -2.34. The fourth-order valence-electron chi connectivity index (χ4n) is 3.66. The number of carbonyl (C=O) groups excluding carboxylic acids is 2. The zero-order valence-corrected chi connectivity index (χ0v) is 11.8. The highest BCUT2D eigenvalue weighted by Crippen LogP contribution is 2.58. The zero-order chi connectivity index (χ0) is 14.4. The lowest BCUT2D eigenvalue weighted by molar-refractivity contribution is -0.153. The van der Waals surface area contributed by atoms with Gasteiger partial charge < -0.3 is 9.69 Å². The predicted octanol–water partition coefficient (Wildman–Crippen LogP) is 1.98. The monoisotopic (exact) mass is 286 g/mol. The first-order valence-corrected chi connectivity index (χ1v) is 7.45. The molecule has 0 radical (unpaired) electrons. The first kappa shape index (κ1) is 12.8. The number of fused-ring (bicyclic) bond motifs is 3. The largest absolute Gasteiger partial charge is 0.344 e. The van der Waals surface area contributed by atoms with E-state index in [1.54, 1.807) is 4.90 Å². The van der Waals surface area contributed by atoms with Crippen LogP contribution in [0.2, 0.25) is 0 Å². The highest BCUT2D eigenvalue weighted by Gasteiger charge is 2.63. The minimum atomic E-state index is -0.276. The van der Waals surface area contributed by atoms with Crippen molar-refractivity contribution in [3.05, 3.63) is 35.9 Å². The SMILES string of the molecule is O=C[C@@H]1CC2(CC2)[C@@H]2CN1C(=O)N2OCc1ccccc1. The molecule has 1 aromatic carbocycles. The molecule has 2 saturated heterocycles. The number of hydroxylamine groups is 2. The van der Waals surface area contributed by atoms with Gasteiger partial charge in [0.2, 0.25) is 0 Å². The average Bonchev–Trinajstić information content (AvgIpc) is 3.23. The molecular weight excluding hydrogens is 268 g/mol. The summed E-state index contributed by atoms with van der Waals surface area (Å²) in [5.74, 6) is 0. The minimum Gasteiger partial charge on any atom is -0.311 e. The van der Waals surface area contributed by atoms with Gasteiger partial charge in [0, 0.05) is 6.54 Å². The number of urea groups is 1. The molecule has 0 unspecified atom stereocenters. The number of rotatable bonds is 4. The molecule has 110 valence electrons. The van der Waals surface area contributed by atoms with Crippen LogP contribution in [0.5, 0.6) is 0 Å². The van der Waals surface area contributed by atoms with Crippen LogP contribution in [0.25, 0.3) is 0 Å². The number of amides is 2. The van der Waals surface area contributed by atoms with Crippen LogP contribution < -0.4 is 0 Å². The molecule has 0 N–H and O–H groups in total. The smallest absolute Gasteiger partial charge is 0.311 e. The van der Waals surface area contributed by atoms with Gasteiger partial charge in [-0.15, -0.1) is 0 Å². The van der Waals surface area contributed by atoms with Gasteiger partial charge in [-0.2, -0.15) is 5.06 Å². The van der Waals surface area contributed by atoms with Crippen molar-refractivity contribution in [2.75, 3.05) is 6.54 Å². The number of benzene rings is 1. The van der Waals surface area contributed by atoms with E-state index in [2.05, 4.69) is 0 Å². The lowest BCUT2D eigenvalue weighted by atomic mass is 9.86. The Morgan fingerprint density at radius 1 is 1.29 bits per heavy atom. The lowest BCUT2D eigenvalue weighted by Crippen LogP contribution is -2.46. The maximum Gasteiger partial charge on any atom is 0.344 e. The number of hydrogen-bond acceptors (Lipinski definition) is 3. The van der Waals surface area contributed by atoms with Crippen molar-refractivity contribution >= 4 is 12.3 Å². The second-order valence-corrected chi connectivity index (χ2v) is 6.31. The summed E-state index contributed by atoms with van der Waals surface area (Å²) in [7, 11) is 0. The highest BCUT2D eigenvalue weighted by atomic mass is 16.7. The van der Waals surface area contributed by atoms with Gasteiger partial charge in [0.25, 0.3) is 0 Å². The van der Waals surface area contributed by atoms with E-state index in [0.717, 1.165) is 31.1 Å². The maximum atomic E-state index is 12.5. The number of nitrogens with zero attached hydrogens (tertiary/aromatic N) is 2. The van der Waals surface area contributed by atoms with Crippen LogP contribution in [0.15, 0.2) is 30.3 Å². The first-order valence-electron chi connectivity index (χ1n) is 7.45. The summed E-state index contributed by atoms with van der Waals surface area (Å²) < 4.78 is 0. The van der Waals surface area contributed by atoms with E-state index in [4.69, 9.17) is 4.84 Å². The molecule has 4 rings (SSSR count). The van der Waals surface area contributed by atoms with Gasteiger partial charge >= 0.3 is 6.03 Å². The molecule has 2 bridgehead atoms. The molecule has 21 heavy (non-hydrogen) atoms. The summed E-state index contributed by atoms with van der Waals surface area (Å²) in [6.07, 6.45) is 3.88. The van der Waals surface area contributed by atoms with Crippen LogP contribution in [0, 0.1) is 5.41 Å². The van der Waals surface area contributed by atoms with Crippen molar-refractivity contribution in [2.24, 2.45) is 5.41 Å². The number of carbonyl (C=O) groups is 2. The Morgan fingerprint density at radius 2 is 2.05 bits per heavy atom. The summed E-state index contributed by atoms with van der Waals surface area (Å²) in [6, 6.07) is 9.50. The molecule has 0 aromatic heterocycles. The van der Waals surface area contributed by atoms with E-state index in [9.17, 15) is 9.59 Å². The summed E-state index contributed by atoms with van der Waals surface area (Å²) in [4.78, 5) is 31.2. The van der Waals surface area contributed by atoms with Crippen LogP contribution in [-0.2, 0) is 16.2 Å². The fourth-order valence-corrected chi connectivity index (χ4v) is 3.66. The van der Waals surface area contributed by atoms with Gasteiger partial charge in [0.15, 0.2) is 0 Å². The fraction of sp³-hybridized carbons (Fsp3) is 0.500. The number of aldehydes is 1. The molecule has 2 aliphatic heterocycles. The molecule has 2 amide bonds. The zero-order valence-electron chi connectivity index (χ0n) is 11.8. The summed E-state index contributed by atoms with van der Waals surface area (Å²) in [6.45, 7) is 1.01. The quantitative estimate of drug-likeness (QED) is 0.795. The maximum absolute atomic E-state index is 12.5. The van der Waals surface area contributed by atoms with Gasteiger partial charge in [-0.3, -0.25) is 4.84 Å². The third-order valence-electron chi connectivity index (χ3n) is 5.07. The van der Waals surface area contributed by atoms with Gasteiger partial charge in [0.1, 0.15) is 12.9 Å². The Hall–Kier alpha value is -1.88. The van der Waals surface area contributed by atoms with Crippen LogP contribution in [0.4, 0.5) is 4.79 Å². The van der Waals surface area contributed by atoms with Gasteiger partial charge in [-0.1, -0.05) is 30.3 Å². The summed E-state index contributed by atoms with van der Waals surface area (Å²) in [5, 5.41) is 1.53. The second-order valence-electron chi connectivity index (χ2n) is 6.31. The van der Waals surface area contributed by atoms with Crippen molar-refractivity contribution in [3.63, 3.8) is 0 Å². The van der Waals surface area contributed by atoms with Crippen LogP contribution >= 0.6 is 0 Å². The van der Waals surface area contributed by atoms with Crippen molar-refractivity contribution in [2.45, 2.75) is 38.0 Å². The van der Waals surface area contributed by atoms with E-state index < -0.39 is 0 Å². The third-order valence-corrected chi connectivity index (χ3v) is 5.07. The Balaban J connectivity index is 1.53.